The van der Waals surface area contributed by atoms with Gasteiger partial charge < -0.3 is 14.2 Å². The van der Waals surface area contributed by atoms with Crippen LogP contribution in [0.4, 0.5) is 0 Å². The van der Waals surface area contributed by atoms with E-state index in [4.69, 9.17) is 16.0 Å². The lowest BCUT2D eigenvalue weighted by atomic mass is 10.0. The molecule has 0 bridgehead atoms. The number of carbonyl (C=O) groups is 1. The predicted molar refractivity (Wildman–Crippen MR) is 98.3 cm³/mol. The van der Waals surface area contributed by atoms with Crippen LogP contribution in [-0.2, 0) is 6.54 Å². The van der Waals surface area contributed by atoms with Crippen molar-refractivity contribution in [2.45, 2.75) is 25.4 Å². The summed E-state index contributed by atoms with van der Waals surface area (Å²) in [5.74, 6) is 0.774. The Morgan fingerprint density at radius 2 is 2.12 bits per heavy atom. The summed E-state index contributed by atoms with van der Waals surface area (Å²) in [6.07, 6.45) is 3.56. The van der Waals surface area contributed by atoms with E-state index < -0.39 is 0 Å². The minimum Gasteiger partial charge on any atom is -0.467 e. The zero-order valence-corrected chi connectivity index (χ0v) is 15.9. The van der Waals surface area contributed by atoms with E-state index in [0.717, 1.165) is 36.2 Å². The van der Waals surface area contributed by atoms with E-state index >= 15 is 0 Å². The Bertz CT molecular complexity index is 697. The van der Waals surface area contributed by atoms with Crippen molar-refractivity contribution >= 4 is 33.4 Å². The molecule has 1 amide bonds. The van der Waals surface area contributed by atoms with Gasteiger partial charge in [0, 0.05) is 15.5 Å². The highest BCUT2D eigenvalue weighted by atomic mass is 79.9. The Hall–Kier alpha value is -1.30. The van der Waals surface area contributed by atoms with Crippen LogP contribution < -0.4 is 0 Å². The Labute approximate surface area is 155 Å². The molecule has 1 aliphatic rings. The molecule has 1 fully saturated rings. The second-order valence-corrected chi connectivity index (χ2v) is 7.46. The highest BCUT2D eigenvalue weighted by Crippen LogP contribution is 2.26. The van der Waals surface area contributed by atoms with Gasteiger partial charge in [0.2, 0.25) is 0 Å². The standard InChI is InChI=1S/C18H20BrClN2O2/c1-21-8-6-14(7-9-21)22(12-15-3-2-10-24-15)18(23)16-11-13(20)4-5-17(16)19/h2-5,10-11,14H,6-9,12H2,1H3. The monoisotopic (exact) mass is 410 g/mol. The molecule has 3 rings (SSSR count). The third-order valence-corrected chi connectivity index (χ3v) is 5.38. The van der Waals surface area contributed by atoms with E-state index in [-0.39, 0.29) is 11.9 Å². The molecular formula is C18H20BrClN2O2. The fourth-order valence-corrected chi connectivity index (χ4v) is 3.65. The third kappa shape index (κ3) is 4.02. The molecule has 2 heterocycles. The van der Waals surface area contributed by atoms with Crippen LogP contribution in [0.5, 0.6) is 0 Å². The molecule has 24 heavy (non-hydrogen) atoms. The first-order chi connectivity index (χ1) is 11.5. The van der Waals surface area contributed by atoms with Crippen molar-refractivity contribution in [2.24, 2.45) is 0 Å². The first-order valence-electron chi connectivity index (χ1n) is 8.01. The van der Waals surface area contributed by atoms with Gasteiger partial charge >= 0.3 is 0 Å². The maximum absolute atomic E-state index is 13.2. The summed E-state index contributed by atoms with van der Waals surface area (Å²) in [4.78, 5) is 17.4. The van der Waals surface area contributed by atoms with Gasteiger partial charge in [-0.05, 0) is 79.2 Å². The molecule has 4 nitrogen and oxygen atoms in total. The summed E-state index contributed by atoms with van der Waals surface area (Å²) in [6, 6.07) is 9.26. The Kier molecular flexibility index (Phi) is 5.64. The molecule has 0 radical (unpaired) electrons. The predicted octanol–water partition coefficient (Wildman–Crippen LogP) is 4.43. The van der Waals surface area contributed by atoms with Crippen LogP contribution in [-0.4, -0.2) is 41.9 Å². The van der Waals surface area contributed by atoms with E-state index in [1.807, 2.05) is 23.1 Å². The molecule has 1 aliphatic heterocycles. The number of halogens is 2. The summed E-state index contributed by atoms with van der Waals surface area (Å²) in [7, 11) is 2.11. The number of rotatable bonds is 4. The van der Waals surface area contributed by atoms with Gasteiger partial charge in [-0.25, -0.2) is 0 Å². The van der Waals surface area contributed by atoms with Crippen molar-refractivity contribution in [3.63, 3.8) is 0 Å². The van der Waals surface area contributed by atoms with Crippen LogP contribution in [0.2, 0.25) is 5.02 Å². The van der Waals surface area contributed by atoms with Gasteiger partial charge in [0.15, 0.2) is 0 Å². The highest BCUT2D eigenvalue weighted by molar-refractivity contribution is 9.10. The number of benzene rings is 1. The summed E-state index contributed by atoms with van der Waals surface area (Å²) in [5, 5.41) is 0.558. The maximum atomic E-state index is 13.2. The molecule has 0 saturated carbocycles. The lowest BCUT2D eigenvalue weighted by Gasteiger charge is -2.37. The van der Waals surface area contributed by atoms with E-state index in [1.54, 1.807) is 18.4 Å². The van der Waals surface area contributed by atoms with Crippen LogP contribution in [0.25, 0.3) is 0 Å². The lowest BCUT2D eigenvalue weighted by molar-refractivity contribution is 0.0550. The quantitative estimate of drug-likeness (QED) is 0.746. The van der Waals surface area contributed by atoms with Crippen LogP contribution >= 0.6 is 27.5 Å². The van der Waals surface area contributed by atoms with Gasteiger partial charge in [-0.2, -0.15) is 0 Å². The number of furan rings is 1. The number of piperidine rings is 1. The molecule has 1 aromatic heterocycles. The van der Waals surface area contributed by atoms with Crippen molar-refractivity contribution in [3.8, 4) is 0 Å². The fraction of sp³-hybridized carbons (Fsp3) is 0.389. The Morgan fingerprint density at radius 1 is 1.38 bits per heavy atom. The number of amides is 1. The second-order valence-electron chi connectivity index (χ2n) is 6.17. The molecule has 0 N–H and O–H groups in total. The first-order valence-corrected chi connectivity index (χ1v) is 9.18. The van der Waals surface area contributed by atoms with Crippen molar-refractivity contribution in [2.75, 3.05) is 20.1 Å². The SMILES string of the molecule is CN1CCC(N(Cc2ccco2)C(=O)c2cc(Cl)ccc2Br)CC1. The van der Waals surface area contributed by atoms with E-state index in [2.05, 4.69) is 27.9 Å². The van der Waals surface area contributed by atoms with Gasteiger partial charge in [-0.3, -0.25) is 4.79 Å². The van der Waals surface area contributed by atoms with Gasteiger partial charge in [0.1, 0.15) is 5.76 Å². The van der Waals surface area contributed by atoms with Crippen LogP contribution in [0.1, 0.15) is 29.0 Å². The van der Waals surface area contributed by atoms with Crippen LogP contribution in [0.3, 0.4) is 0 Å². The molecule has 0 unspecified atom stereocenters. The lowest BCUT2D eigenvalue weighted by Crippen LogP contribution is -2.46. The summed E-state index contributed by atoms with van der Waals surface area (Å²) >= 11 is 9.57. The number of carbonyl (C=O) groups excluding carboxylic acids is 1. The molecule has 6 heteroatoms. The first kappa shape index (κ1) is 17.5. The molecule has 0 spiro atoms. The zero-order valence-electron chi connectivity index (χ0n) is 13.5. The van der Waals surface area contributed by atoms with E-state index in [1.165, 1.54) is 0 Å². The molecule has 1 aromatic carbocycles. The topological polar surface area (TPSA) is 36.7 Å². The van der Waals surface area contributed by atoms with Crippen molar-refractivity contribution in [1.82, 2.24) is 9.80 Å². The van der Waals surface area contributed by atoms with E-state index in [9.17, 15) is 4.79 Å². The minimum atomic E-state index is -0.0182. The van der Waals surface area contributed by atoms with Crippen LogP contribution in [0, 0.1) is 0 Å². The number of nitrogens with zero attached hydrogens (tertiary/aromatic N) is 2. The average Bonchev–Trinajstić information content (AvgIpc) is 3.08. The normalized spacial score (nSPS) is 16.3. The summed E-state index contributed by atoms with van der Waals surface area (Å²) in [5.41, 5.74) is 0.591. The average molecular weight is 412 g/mol. The van der Waals surface area contributed by atoms with Crippen molar-refractivity contribution in [3.05, 3.63) is 57.4 Å². The molecule has 2 aromatic rings. The van der Waals surface area contributed by atoms with Gasteiger partial charge in [0.05, 0.1) is 18.4 Å². The number of hydrogen-bond acceptors (Lipinski definition) is 3. The third-order valence-electron chi connectivity index (χ3n) is 4.45. The minimum absolute atomic E-state index is 0.0182. The zero-order chi connectivity index (χ0) is 17.1. The van der Waals surface area contributed by atoms with E-state index in [0.29, 0.717) is 17.1 Å². The molecule has 1 saturated heterocycles. The molecule has 0 aliphatic carbocycles. The summed E-state index contributed by atoms with van der Waals surface area (Å²) < 4.78 is 6.23. The highest BCUT2D eigenvalue weighted by Gasteiger charge is 2.29. The van der Waals surface area contributed by atoms with Crippen LogP contribution in [0.15, 0.2) is 45.5 Å². The van der Waals surface area contributed by atoms with Gasteiger partial charge in [-0.15, -0.1) is 0 Å². The Balaban J connectivity index is 1.88. The summed E-state index contributed by atoms with van der Waals surface area (Å²) in [6.45, 7) is 2.45. The largest absolute Gasteiger partial charge is 0.467 e. The maximum Gasteiger partial charge on any atom is 0.255 e. The Morgan fingerprint density at radius 3 is 2.79 bits per heavy atom. The smallest absolute Gasteiger partial charge is 0.255 e. The second kappa shape index (κ2) is 7.72. The van der Waals surface area contributed by atoms with Crippen molar-refractivity contribution < 1.29 is 9.21 Å². The van der Waals surface area contributed by atoms with Gasteiger partial charge in [-0.1, -0.05) is 11.6 Å². The fourth-order valence-electron chi connectivity index (χ4n) is 3.06. The number of hydrogen-bond donors (Lipinski definition) is 0. The molecular weight excluding hydrogens is 392 g/mol. The number of likely N-dealkylation sites (tertiary alicyclic amines) is 1. The molecule has 128 valence electrons. The van der Waals surface area contributed by atoms with Gasteiger partial charge in [0.25, 0.3) is 5.91 Å². The van der Waals surface area contributed by atoms with Crippen molar-refractivity contribution in [1.29, 1.82) is 0 Å². The molecule has 0 atom stereocenters.